The molecule has 0 saturated heterocycles. The lowest BCUT2D eigenvalue weighted by molar-refractivity contribution is 0.0697. The van der Waals surface area contributed by atoms with E-state index >= 15 is 0 Å². The Balaban J connectivity index is 2.20. The molecular weight excluding hydrogens is 214 g/mol. The SMILES string of the molecule is CC(C)N(c1ccc(C(=O)O)cc1)C1CCC1. The van der Waals surface area contributed by atoms with E-state index in [2.05, 4.69) is 18.7 Å². The Morgan fingerprint density at radius 2 is 1.88 bits per heavy atom. The molecule has 0 radical (unpaired) electrons. The van der Waals surface area contributed by atoms with Crippen molar-refractivity contribution < 1.29 is 9.90 Å². The lowest BCUT2D eigenvalue weighted by atomic mass is 9.90. The van der Waals surface area contributed by atoms with Crippen molar-refractivity contribution in [2.75, 3.05) is 4.90 Å². The molecule has 0 heterocycles. The minimum absolute atomic E-state index is 0.353. The molecule has 1 aromatic carbocycles. The van der Waals surface area contributed by atoms with Gasteiger partial charge in [0.25, 0.3) is 0 Å². The molecular formula is C14H19NO2. The smallest absolute Gasteiger partial charge is 0.335 e. The predicted octanol–water partition coefficient (Wildman–Crippen LogP) is 3.15. The van der Waals surface area contributed by atoms with Crippen LogP contribution in [0.1, 0.15) is 43.5 Å². The van der Waals surface area contributed by atoms with Crippen LogP contribution in [0.15, 0.2) is 24.3 Å². The van der Waals surface area contributed by atoms with Crippen LogP contribution in [0.25, 0.3) is 0 Å². The van der Waals surface area contributed by atoms with E-state index in [0.29, 0.717) is 17.6 Å². The van der Waals surface area contributed by atoms with Gasteiger partial charge in [0.1, 0.15) is 0 Å². The fourth-order valence-corrected chi connectivity index (χ4v) is 2.37. The van der Waals surface area contributed by atoms with Crippen molar-refractivity contribution in [1.29, 1.82) is 0 Å². The maximum Gasteiger partial charge on any atom is 0.335 e. The molecule has 1 fully saturated rings. The Morgan fingerprint density at radius 1 is 1.29 bits per heavy atom. The van der Waals surface area contributed by atoms with Gasteiger partial charge in [0, 0.05) is 17.8 Å². The molecule has 0 spiro atoms. The third-order valence-corrected chi connectivity index (χ3v) is 3.44. The van der Waals surface area contributed by atoms with Gasteiger partial charge in [-0.25, -0.2) is 4.79 Å². The second-order valence-corrected chi connectivity index (χ2v) is 4.94. The average molecular weight is 233 g/mol. The van der Waals surface area contributed by atoms with Gasteiger partial charge in [0.15, 0.2) is 0 Å². The molecule has 1 N–H and O–H groups in total. The maximum atomic E-state index is 10.8. The van der Waals surface area contributed by atoms with Crippen LogP contribution in [0.2, 0.25) is 0 Å². The lowest BCUT2D eigenvalue weighted by Crippen LogP contribution is -2.44. The molecule has 3 nitrogen and oxygen atoms in total. The number of rotatable bonds is 4. The molecule has 0 aromatic heterocycles. The summed E-state index contributed by atoms with van der Waals surface area (Å²) in [6.45, 7) is 4.37. The van der Waals surface area contributed by atoms with Crippen molar-refractivity contribution in [2.24, 2.45) is 0 Å². The second-order valence-electron chi connectivity index (χ2n) is 4.94. The molecule has 0 unspecified atom stereocenters. The summed E-state index contributed by atoms with van der Waals surface area (Å²) in [6.07, 6.45) is 3.80. The van der Waals surface area contributed by atoms with Crippen LogP contribution in [0.5, 0.6) is 0 Å². The first-order valence-electron chi connectivity index (χ1n) is 6.21. The Kier molecular flexibility index (Phi) is 3.36. The van der Waals surface area contributed by atoms with Gasteiger partial charge in [-0.15, -0.1) is 0 Å². The zero-order valence-corrected chi connectivity index (χ0v) is 10.4. The number of carboxylic acid groups (broad SMARTS) is 1. The quantitative estimate of drug-likeness (QED) is 0.868. The number of anilines is 1. The number of carbonyl (C=O) groups is 1. The van der Waals surface area contributed by atoms with Crippen molar-refractivity contribution in [3.8, 4) is 0 Å². The topological polar surface area (TPSA) is 40.5 Å². The van der Waals surface area contributed by atoms with Crippen LogP contribution in [0.4, 0.5) is 5.69 Å². The molecule has 1 aromatic rings. The summed E-state index contributed by atoms with van der Waals surface area (Å²) in [5.41, 5.74) is 1.49. The highest BCUT2D eigenvalue weighted by atomic mass is 16.4. The van der Waals surface area contributed by atoms with E-state index in [1.807, 2.05) is 12.1 Å². The zero-order chi connectivity index (χ0) is 12.4. The first-order valence-corrected chi connectivity index (χ1v) is 6.21. The van der Waals surface area contributed by atoms with E-state index in [4.69, 9.17) is 5.11 Å². The summed E-state index contributed by atoms with van der Waals surface area (Å²) < 4.78 is 0. The van der Waals surface area contributed by atoms with Gasteiger partial charge in [-0.2, -0.15) is 0 Å². The Hall–Kier alpha value is -1.51. The third kappa shape index (κ3) is 2.43. The average Bonchev–Trinajstić information content (AvgIpc) is 2.23. The van der Waals surface area contributed by atoms with Crippen LogP contribution in [0.3, 0.4) is 0 Å². The van der Waals surface area contributed by atoms with Crippen LogP contribution in [-0.2, 0) is 0 Å². The van der Waals surface area contributed by atoms with E-state index < -0.39 is 5.97 Å². The standard InChI is InChI=1S/C14H19NO2/c1-10(2)15(12-4-3-5-12)13-8-6-11(7-9-13)14(16)17/h6-10,12H,3-5H2,1-2H3,(H,16,17). The van der Waals surface area contributed by atoms with Crippen LogP contribution >= 0.6 is 0 Å². The van der Waals surface area contributed by atoms with Crippen molar-refractivity contribution >= 4 is 11.7 Å². The van der Waals surface area contributed by atoms with Gasteiger partial charge in [-0.05, 0) is 57.4 Å². The number of benzene rings is 1. The Labute approximate surface area is 102 Å². The van der Waals surface area contributed by atoms with Crippen molar-refractivity contribution in [1.82, 2.24) is 0 Å². The van der Waals surface area contributed by atoms with E-state index in [1.54, 1.807) is 12.1 Å². The number of nitrogens with zero attached hydrogens (tertiary/aromatic N) is 1. The summed E-state index contributed by atoms with van der Waals surface area (Å²) in [5, 5.41) is 8.88. The van der Waals surface area contributed by atoms with Gasteiger partial charge in [-0.1, -0.05) is 0 Å². The summed E-state index contributed by atoms with van der Waals surface area (Å²) in [7, 11) is 0. The van der Waals surface area contributed by atoms with E-state index in [1.165, 1.54) is 19.3 Å². The Morgan fingerprint density at radius 3 is 2.24 bits per heavy atom. The minimum Gasteiger partial charge on any atom is -0.478 e. The van der Waals surface area contributed by atoms with Gasteiger partial charge >= 0.3 is 5.97 Å². The minimum atomic E-state index is -0.865. The highest BCUT2D eigenvalue weighted by Crippen LogP contribution is 2.31. The number of aromatic carboxylic acids is 1. The maximum absolute atomic E-state index is 10.8. The first-order chi connectivity index (χ1) is 8.09. The van der Waals surface area contributed by atoms with Gasteiger partial charge in [0.2, 0.25) is 0 Å². The fourth-order valence-electron chi connectivity index (χ4n) is 2.37. The normalized spacial score (nSPS) is 15.7. The third-order valence-electron chi connectivity index (χ3n) is 3.44. The van der Waals surface area contributed by atoms with Crippen molar-refractivity contribution in [3.63, 3.8) is 0 Å². The molecule has 1 aliphatic rings. The molecule has 92 valence electrons. The van der Waals surface area contributed by atoms with Crippen LogP contribution in [-0.4, -0.2) is 23.2 Å². The number of carboxylic acids is 1. The zero-order valence-electron chi connectivity index (χ0n) is 10.4. The summed E-state index contributed by atoms with van der Waals surface area (Å²) in [5.74, 6) is -0.865. The van der Waals surface area contributed by atoms with Crippen LogP contribution in [0, 0.1) is 0 Å². The summed E-state index contributed by atoms with van der Waals surface area (Å²) in [4.78, 5) is 13.2. The van der Waals surface area contributed by atoms with Gasteiger partial charge in [-0.3, -0.25) is 0 Å². The summed E-state index contributed by atoms with van der Waals surface area (Å²) in [6, 6.07) is 8.29. The van der Waals surface area contributed by atoms with Gasteiger partial charge in [0.05, 0.1) is 5.56 Å². The van der Waals surface area contributed by atoms with Crippen molar-refractivity contribution in [2.45, 2.75) is 45.2 Å². The molecule has 0 amide bonds. The molecule has 2 rings (SSSR count). The lowest BCUT2D eigenvalue weighted by Gasteiger charge is -2.42. The molecule has 17 heavy (non-hydrogen) atoms. The molecule has 0 aliphatic heterocycles. The van der Waals surface area contributed by atoms with Gasteiger partial charge < -0.3 is 10.0 Å². The molecule has 1 aliphatic carbocycles. The number of hydrogen-bond acceptors (Lipinski definition) is 2. The molecule has 0 atom stereocenters. The van der Waals surface area contributed by atoms with Crippen molar-refractivity contribution in [3.05, 3.63) is 29.8 Å². The predicted molar refractivity (Wildman–Crippen MR) is 68.7 cm³/mol. The van der Waals surface area contributed by atoms with E-state index in [0.717, 1.165) is 5.69 Å². The van der Waals surface area contributed by atoms with E-state index in [-0.39, 0.29) is 0 Å². The second kappa shape index (κ2) is 4.78. The fraction of sp³-hybridized carbons (Fsp3) is 0.500. The Bertz CT molecular complexity index is 393. The highest BCUT2D eigenvalue weighted by Gasteiger charge is 2.26. The molecule has 3 heteroatoms. The number of hydrogen-bond donors (Lipinski definition) is 1. The molecule has 0 bridgehead atoms. The largest absolute Gasteiger partial charge is 0.478 e. The monoisotopic (exact) mass is 233 g/mol. The first kappa shape index (κ1) is 12.0. The molecule has 1 saturated carbocycles. The van der Waals surface area contributed by atoms with E-state index in [9.17, 15) is 4.79 Å². The highest BCUT2D eigenvalue weighted by molar-refractivity contribution is 5.88. The van der Waals surface area contributed by atoms with Crippen LogP contribution < -0.4 is 4.90 Å². The summed E-state index contributed by atoms with van der Waals surface area (Å²) >= 11 is 0.